The van der Waals surface area contributed by atoms with Crippen LogP contribution in [-0.2, 0) is 16.0 Å². The van der Waals surface area contributed by atoms with E-state index in [0.717, 1.165) is 5.56 Å². The molecule has 0 spiro atoms. The maximum absolute atomic E-state index is 12.4. The largest absolute Gasteiger partial charge is 0.355 e. The Labute approximate surface area is 165 Å². The number of piperazine rings is 1. The number of nitrogens with one attached hydrogen (secondary N) is 1. The van der Waals surface area contributed by atoms with Crippen molar-refractivity contribution in [2.45, 2.75) is 12.8 Å². The van der Waals surface area contributed by atoms with Gasteiger partial charge >= 0.3 is 0 Å². The molecule has 2 aromatic carbocycles. The van der Waals surface area contributed by atoms with Crippen LogP contribution in [0.15, 0.2) is 60.7 Å². The van der Waals surface area contributed by atoms with E-state index in [9.17, 15) is 14.4 Å². The third-order valence-electron chi connectivity index (χ3n) is 4.81. The maximum atomic E-state index is 12.4. The fraction of sp³-hybridized carbons (Fsp3) is 0.318. The molecule has 3 rings (SSSR count). The van der Waals surface area contributed by atoms with Gasteiger partial charge in [0.25, 0.3) is 5.91 Å². The predicted molar refractivity (Wildman–Crippen MR) is 107 cm³/mol. The first-order valence-corrected chi connectivity index (χ1v) is 9.56. The summed E-state index contributed by atoms with van der Waals surface area (Å²) in [7, 11) is 0. The highest BCUT2D eigenvalue weighted by Crippen LogP contribution is 2.09. The second-order valence-electron chi connectivity index (χ2n) is 6.80. The van der Waals surface area contributed by atoms with Crippen molar-refractivity contribution < 1.29 is 14.4 Å². The lowest BCUT2D eigenvalue weighted by Crippen LogP contribution is -2.51. The minimum absolute atomic E-state index is 0.000810. The van der Waals surface area contributed by atoms with Crippen molar-refractivity contribution >= 4 is 17.7 Å². The maximum Gasteiger partial charge on any atom is 0.253 e. The van der Waals surface area contributed by atoms with Gasteiger partial charge in [-0.3, -0.25) is 14.4 Å². The van der Waals surface area contributed by atoms with Crippen molar-refractivity contribution in [3.05, 3.63) is 71.8 Å². The summed E-state index contributed by atoms with van der Waals surface area (Å²) in [5.41, 5.74) is 1.62. The average molecular weight is 379 g/mol. The number of rotatable bonds is 6. The van der Waals surface area contributed by atoms with Crippen LogP contribution in [-0.4, -0.2) is 60.2 Å². The van der Waals surface area contributed by atoms with Crippen LogP contribution < -0.4 is 5.32 Å². The number of hydrogen-bond donors (Lipinski definition) is 1. The zero-order valence-corrected chi connectivity index (χ0v) is 15.8. The van der Waals surface area contributed by atoms with Crippen molar-refractivity contribution in [3.8, 4) is 0 Å². The van der Waals surface area contributed by atoms with Crippen LogP contribution in [0.25, 0.3) is 0 Å². The van der Waals surface area contributed by atoms with Gasteiger partial charge in [-0.15, -0.1) is 0 Å². The van der Waals surface area contributed by atoms with Crippen LogP contribution in [0.4, 0.5) is 0 Å². The van der Waals surface area contributed by atoms with Gasteiger partial charge in [0.15, 0.2) is 0 Å². The standard InChI is InChI=1S/C22H25N3O3/c26-20(17-18-7-3-1-4-8-18)23-12-11-21(27)24-13-15-25(16-14-24)22(28)19-9-5-2-6-10-19/h1-10H,11-17H2,(H,23,26). The van der Waals surface area contributed by atoms with Crippen LogP contribution in [0.3, 0.4) is 0 Å². The third kappa shape index (κ3) is 5.42. The number of carbonyl (C=O) groups is 3. The van der Waals surface area contributed by atoms with E-state index >= 15 is 0 Å². The summed E-state index contributed by atoms with van der Waals surface area (Å²) in [4.78, 5) is 40.3. The van der Waals surface area contributed by atoms with Gasteiger partial charge in [-0.2, -0.15) is 0 Å². The molecular formula is C22H25N3O3. The van der Waals surface area contributed by atoms with Crippen molar-refractivity contribution in [3.63, 3.8) is 0 Å². The van der Waals surface area contributed by atoms with Crippen LogP contribution >= 0.6 is 0 Å². The molecule has 0 atom stereocenters. The highest BCUT2D eigenvalue weighted by atomic mass is 16.2. The summed E-state index contributed by atoms with van der Waals surface area (Å²) < 4.78 is 0. The molecule has 1 N–H and O–H groups in total. The molecule has 1 aliphatic rings. The predicted octanol–water partition coefficient (Wildman–Crippen LogP) is 1.72. The van der Waals surface area contributed by atoms with Gasteiger partial charge in [-0.1, -0.05) is 48.5 Å². The van der Waals surface area contributed by atoms with Crippen LogP contribution in [0.1, 0.15) is 22.3 Å². The number of amides is 3. The van der Waals surface area contributed by atoms with Gasteiger partial charge in [-0.25, -0.2) is 0 Å². The number of benzene rings is 2. The fourth-order valence-corrected chi connectivity index (χ4v) is 3.23. The molecule has 1 aliphatic heterocycles. The van der Waals surface area contributed by atoms with Crippen molar-refractivity contribution in [2.24, 2.45) is 0 Å². The van der Waals surface area contributed by atoms with Crippen LogP contribution in [0, 0.1) is 0 Å². The molecule has 6 heteroatoms. The lowest BCUT2D eigenvalue weighted by molar-refractivity contribution is -0.132. The minimum Gasteiger partial charge on any atom is -0.355 e. The molecule has 3 amide bonds. The van der Waals surface area contributed by atoms with E-state index in [1.807, 2.05) is 48.5 Å². The minimum atomic E-state index is -0.0859. The van der Waals surface area contributed by atoms with Gasteiger partial charge < -0.3 is 15.1 Å². The van der Waals surface area contributed by atoms with Gasteiger partial charge in [0.05, 0.1) is 6.42 Å². The summed E-state index contributed by atoms with van der Waals surface area (Å²) >= 11 is 0. The molecule has 0 unspecified atom stereocenters. The Morgan fingerprint density at radius 3 is 2.00 bits per heavy atom. The SMILES string of the molecule is O=C(Cc1ccccc1)NCCC(=O)N1CCN(C(=O)c2ccccc2)CC1. The van der Waals surface area contributed by atoms with Crippen molar-refractivity contribution in [1.82, 2.24) is 15.1 Å². The summed E-state index contributed by atoms with van der Waals surface area (Å²) in [5.74, 6) is -0.0787. The van der Waals surface area contributed by atoms with Crippen molar-refractivity contribution in [1.29, 1.82) is 0 Å². The number of carbonyl (C=O) groups excluding carboxylic acids is 3. The lowest BCUT2D eigenvalue weighted by Gasteiger charge is -2.35. The Balaban J connectivity index is 1.37. The first-order valence-electron chi connectivity index (χ1n) is 9.56. The quantitative estimate of drug-likeness (QED) is 0.831. The molecule has 0 aliphatic carbocycles. The molecule has 1 heterocycles. The van der Waals surface area contributed by atoms with E-state index in [1.165, 1.54) is 0 Å². The van der Waals surface area contributed by atoms with E-state index in [-0.39, 0.29) is 24.1 Å². The normalized spacial score (nSPS) is 13.9. The topological polar surface area (TPSA) is 69.7 Å². The Morgan fingerprint density at radius 1 is 0.786 bits per heavy atom. The molecule has 6 nitrogen and oxygen atoms in total. The zero-order valence-electron chi connectivity index (χ0n) is 15.8. The van der Waals surface area contributed by atoms with E-state index in [2.05, 4.69) is 5.32 Å². The first-order chi connectivity index (χ1) is 13.6. The molecule has 28 heavy (non-hydrogen) atoms. The number of hydrogen-bond acceptors (Lipinski definition) is 3. The number of nitrogens with zero attached hydrogens (tertiary/aromatic N) is 2. The molecule has 2 aromatic rings. The van der Waals surface area contributed by atoms with Gasteiger partial charge in [0.1, 0.15) is 0 Å². The Hall–Kier alpha value is -3.15. The monoisotopic (exact) mass is 379 g/mol. The molecule has 1 fully saturated rings. The Morgan fingerprint density at radius 2 is 1.36 bits per heavy atom. The Kier molecular flexibility index (Phi) is 6.78. The van der Waals surface area contributed by atoms with E-state index in [4.69, 9.17) is 0 Å². The van der Waals surface area contributed by atoms with E-state index < -0.39 is 0 Å². The van der Waals surface area contributed by atoms with E-state index in [1.54, 1.807) is 21.9 Å². The smallest absolute Gasteiger partial charge is 0.253 e. The van der Waals surface area contributed by atoms with Crippen LogP contribution in [0.2, 0.25) is 0 Å². The molecule has 1 saturated heterocycles. The molecular weight excluding hydrogens is 354 g/mol. The molecule has 146 valence electrons. The first kappa shape index (κ1) is 19.6. The highest BCUT2D eigenvalue weighted by Gasteiger charge is 2.24. The summed E-state index contributed by atoms with van der Waals surface area (Å²) in [6.45, 7) is 2.43. The molecule has 0 bridgehead atoms. The highest BCUT2D eigenvalue weighted by molar-refractivity contribution is 5.94. The van der Waals surface area contributed by atoms with Crippen molar-refractivity contribution in [2.75, 3.05) is 32.7 Å². The molecule has 0 radical (unpaired) electrons. The Bertz CT molecular complexity index is 800. The summed E-state index contributed by atoms with van der Waals surface area (Å²) in [6, 6.07) is 18.7. The van der Waals surface area contributed by atoms with Crippen LogP contribution in [0.5, 0.6) is 0 Å². The van der Waals surface area contributed by atoms with Gasteiger partial charge in [-0.05, 0) is 17.7 Å². The molecule has 0 saturated carbocycles. The van der Waals surface area contributed by atoms with E-state index in [0.29, 0.717) is 44.7 Å². The lowest BCUT2D eigenvalue weighted by atomic mass is 10.1. The van der Waals surface area contributed by atoms with Gasteiger partial charge in [0.2, 0.25) is 11.8 Å². The fourth-order valence-electron chi connectivity index (χ4n) is 3.23. The second-order valence-corrected chi connectivity index (χ2v) is 6.80. The third-order valence-corrected chi connectivity index (χ3v) is 4.81. The second kappa shape index (κ2) is 9.69. The summed E-state index contributed by atoms with van der Waals surface area (Å²) in [6.07, 6.45) is 0.586. The average Bonchev–Trinajstić information content (AvgIpc) is 2.74. The van der Waals surface area contributed by atoms with Gasteiger partial charge in [0, 0.05) is 44.7 Å². The summed E-state index contributed by atoms with van der Waals surface area (Å²) in [5, 5.41) is 2.80. The zero-order chi connectivity index (χ0) is 19.8. The molecule has 0 aromatic heterocycles.